The van der Waals surface area contributed by atoms with Crippen LogP contribution in [0.2, 0.25) is 0 Å². The van der Waals surface area contributed by atoms with Gasteiger partial charge in [0.1, 0.15) is 11.8 Å². The van der Waals surface area contributed by atoms with E-state index in [-0.39, 0.29) is 18.6 Å². The first kappa shape index (κ1) is 17.5. The molecule has 2 aromatic heterocycles. The molecular formula is C17H19N5O4. The van der Waals surface area contributed by atoms with Crippen molar-refractivity contribution in [2.75, 3.05) is 0 Å². The van der Waals surface area contributed by atoms with Crippen LogP contribution < -0.4 is 11.1 Å². The van der Waals surface area contributed by atoms with E-state index < -0.39 is 24.0 Å². The first-order valence-corrected chi connectivity index (χ1v) is 7.99. The van der Waals surface area contributed by atoms with Crippen molar-refractivity contribution in [3.63, 3.8) is 0 Å². The Labute approximate surface area is 148 Å². The number of hydrogen-bond donors (Lipinski definition) is 6. The van der Waals surface area contributed by atoms with Gasteiger partial charge in [0.05, 0.1) is 12.4 Å². The molecule has 0 radical (unpaired) electrons. The van der Waals surface area contributed by atoms with Gasteiger partial charge in [-0.3, -0.25) is 4.79 Å². The second-order valence-electron chi connectivity index (χ2n) is 6.03. The molecule has 7 N–H and O–H groups in total. The first-order valence-electron chi connectivity index (χ1n) is 7.99. The molecule has 0 aliphatic carbocycles. The van der Waals surface area contributed by atoms with Crippen molar-refractivity contribution in [1.29, 1.82) is 0 Å². The number of phenols is 1. The first-order chi connectivity index (χ1) is 12.4. The Morgan fingerprint density at radius 2 is 2.08 bits per heavy atom. The van der Waals surface area contributed by atoms with Crippen LogP contribution in [-0.4, -0.2) is 49.1 Å². The number of nitrogens with two attached hydrogens (primary N) is 1. The number of rotatable bonds is 7. The number of aromatic amines is 2. The summed E-state index contributed by atoms with van der Waals surface area (Å²) in [5, 5.41) is 22.1. The Morgan fingerprint density at radius 1 is 1.27 bits per heavy atom. The van der Waals surface area contributed by atoms with E-state index >= 15 is 0 Å². The Bertz CT molecular complexity index is 919. The van der Waals surface area contributed by atoms with Crippen molar-refractivity contribution in [3.05, 3.63) is 48.2 Å². The van der Waals surface area contributed by atoms with Crippen LogP contribution >= 0.6 is 0 Å². The number of carbonyl (C=O) groups is 2. The number of H-pyrrole nitrogens is 2. The number of nitrogens with one attached hydrogen (secondary N) is 3. The highest BCUT2D eigenvalue weighted by Crippen LogP contribution is 2.23. The molecule has 0 aliphatic rings. The Hall–Kier alpha value is -3.33. The second kappa shape index (κ2) is 7.28. The third-order valence-electron chi connectivity index (χ3n) is 4.12. The van der Waals surface area contributed by atoms with E-state index in [2.05, 4.69) is 20.3 Å². The van der Waals surface area contributed by atoms with Crippen LogP contribution in [0.15, 0.2) is 36.9 Å². The molecule has 3 rings (SSSR count). The number of fused-ring (bicyclic) bond motifs is 1. The van der Waals surface area contributed by atoms with Gasteiger partial charge in [-0.15, -0.1) is 0 Å². The molecule has 26 heavy (non-hydrogen) atoms. The summed E-state index contributed by atoms with van der Waals surface area (Å²) >= 11 is 0. The molecule has 0 unspecified atom stereocenters. The minimum absolute atomic E-state index is 0.0781. The number of phenolic OH excluding ortho intramolecular Hbond substituents is 1. The fraction of sp³-hybridized carbons (Fsp3) is 0.235. The Balaban J connectivity index is 1.68. The van der Waals surface area contributed by atoms with Gasteiger partial charge in [0, 0.05) is 35.4 Å². The molecule has 2 heterocycles. The van der Waals surface area contributed by atoms with Crippen molar-refractivity contribution in [3.8, 4) is 5.75 Å². The topological polar surface area (TPSA) is 157 Å². The van der Waals surface area contributed by atoms with Crippen LogP contribution in [0.3, 0.4) is 0 Å². The zero-order valence-electron chi connectivity index (χ0n) is 13.8. The molecule has 0 aliphatic heterocycles. The van der Waals surface area contributed by atoms with Gasteiger partial charge in [-0.1, -0.05) is 0 Å². The molecule has 1 aromatic carbocycles. The monoisotopic (exact) mass is 357 g/mol. The molecule has 9 heteroatoms. The lowest BCUT2D eigenvalue weighted by atomic mass is 10.0. The van der Waals surface area contributed by atoms with E-state index in [1.54, 1.807) is 24.4 Å². The van der Waals surface area contributed by atoms with Crippen LogP contribution in [0.1, 0.15) is 11.3 Å². The molecule has 3 aromatic rings. The summed E-state index contributed by atoms with van der Waals surface area (Å²) in [5.74, 6) is -1.61. The zero-order valence-corrected chi connectivity index (χ0v) is 13.8. The van der Waals surface area contributed by atoms with Crippen LogP contribution in [0, 0.1) is 0 Å². The van der Waals surface area contributed by atoms with Crippen molar-refractivity contribution in [2.45, 2.75) is 24.9 Å². The molecule has 1 amide bonds. The summed E-state index contributed by atoms with van der Waals surface area (Å²) in [6.45, 7) is 0. The van der Waals surface area contributed by atoms with Gasteiger partial charge in [0.15, 0.2) is 0 Å². The van der Waals surface area contributed by atoms with Crippen molar-refractivity contribution in [1.82, 2.24) is 20.3 Å². The molecule has 0 fully saturated rings. The van der Waals surface area contributed by atoms with E-state index in [9.17, 15) is 19.8 Å². The maximum Gasteiger partial charge on any atom is 0.326 e. The van der Waals surface area contributed by atoms with Gasteiger partial charge < -0.3 is 31.2 Å². The van der Waals surface area contributed by atoms with E-state index in [1.165, 1.54) is 12.5 Å². The fourth-order valence-corrected chi connectivity index (χ4v) is 2.76. The van der Waals surface area contributed by atoms with E-state index in [1.807, 2.05) is 0 Å². The van der Waals surface area contributed by atoms with Crippen molar-refractivity contribution in [2.24, 2.45) is 5.73 Å². The fourth-order valence-electron chi connectivity index (χ4n) is 2.76. The summed E-state index contributed by atoms with van der Waals surface area (Å²) in [6, 6.07) is 2.83. The lowest BCUT2D eigenvalue weighted by molar-refractivity contribution is -0.142. The number of aromatic nitrogens is 3. The predicted molar refractivity (Wildman–Crippen MR) is 93.5 cm³/mol. The molecule has 0 saturated heterocycles. The molecule has 9 nitrogen and oxygen atoms in total. The third-order valence-corrected chi connectivity index (χ3v) is 4.12. The van der Waals surface area contributed by atoms with Crippen LogP contribution in [0.4, 0.5) is 0 Å². The minimum atomic E-state index is -1.16. The summed E-state index contributed by atoms with van der Waals surface area (Å²) in [6.07, 6.45) is 4.94. The number of aromatic hydroxyl groups is 1. The van der Waals surface area contributed by atoms with Gasteiger partial charge >= 0.3 is 5.97 Å². The standard InChI is InChI=1S/C17H19N5O4/c18-13(3-9-6-20-14-2-1-11(23)5-12(9)14)16(24)22-15(17(25)26)4-10-7-19-8-21-10/h1-2,5-8,13,15,20,23H,3-4,18H2,(H,19,21)(H,22,24)(H,25,26)/t13-,15-/m0/s1. The molecule has 136 valence electrons. The number of aliphatic carboxylic acids is 1. The minimum Gasteiger partial charge on any atom is -0.508 e. The summed E-state index contributed by atoms with van der Waals surface area (Å²) < 4.78 is 0. The van der Waals surface area contributed by atoms with Crippen LogP contribution in [0.25, 0.3) is 10.9 Å². The largest absolute Gasteiger partial charge is 0.508 e. The van der Waals surface area contributed by atoms with E-state index in [0.29, 0.717) is 5.69 Å². The number of carboxylic acids is 1. The molecular weight excluding hydrogens is 338 g/mol. The average Bonchev–Trinajstić information content (AvgIpc) is 3.24. The summed E-state index contributed by atoms with van der Waals surface area (Å²) in [4.78, 5) is 33.4. The number of amides is 1. The highest BCUT2D eigenvalue weighted by atomic mass is 16.4. The van der Waals surface area contributed by atoms with Gasteiger partial charge in [0.2, 0.25) is 5.91 Å². The molecule has 0 spiro atoms. The van der Waals surface area contributed by atoms with Crippen molar-refractivity contribution < 1.29 is 19.8 Å². The Morgan fingerprint density at radius 3 is 2.77 bits per heavy atom. The average molecular weight is 357 g/mol. The number of carboxylic acid groups (broad SMARTS) is 1. The van der Waals surface area contributed by atoms with Gasteiger partial charge in [0.25, 0.3) is 0 Å². The smallest absolute Gasteiger partial charge is 0.326 e. The highest BCUT2D eigenvalue weighted by Gasteiger charge is 2.24. The predicted octanol–water partition coefficient (Wildman–Crippen LogP) is 0.278. The summed E-state index contributed by atoms with van der Waals surface area (Å²) in [7, 11) is 0. The zero-order chi connectivity index (χ0) is 18.7. The van der Waals surface area contributed by atoms with Gasteiger partial charge in [-0.25, -0.2) is 9.78 Å². The number of imidazole rings is 1. The third kappa shape index (κ3) is 3.83. The maximum atomic E-state index is 12.3. The number of nitrogens with zero attached hydrogens (tertiary/aromatic N) is 1. The SMILES string of the molecule is N[C@@H](Cc1c[nH]c2ccc(O)cc12)C(=O)N[C@@H](Cc1cnc[nH]1)C(=O)O. The molecule has 0 bridgehead atoms. The van der Waals surface area contributed by atoms with Crippen LogP contribution in [-0.2, 0) is 22.4 Å². The van der Waals surface area contributed by atoms with Gasteiger partial charge in [-0.05, 0) is 30.2 Å². The Kier molecular flexibility index (Phi) is 4.90. The highest BCUT2D eigenvalue weighted by molar-refractivity contribution is 5.89. The molecule has 2 atom stereocenters. The number of hydrogen-bond acceptors (Lipinski definition) is 5. The second-order valence-corrected chi connectivity index (χ2v) is 6.03. The van der Waals surface area contributed by atoms with Crippen LogP contribution in [0.5, 0.6) is 5.75 Å². The lowest BCUT2D eigenvalue weighted by Gasteiger charge is -2.17. The number of carbonyl (C=O) groups excluding carboxylic acids is 1. The summed E-state index contributed by atoms with van der Waals surface area (Å²) in [5.41, 5.74) is 8.13. The number of benzene rings is 1. The van der Waals surface area contributed by atoms with E-state index in [4.69, 9.17) is 5.73 Å². The quantitative estimate of drug-likeness (QED) is 0.356. The molecule has 0 saturated carbocycles. The lowest BCUT2D eigenvalue weighted by Crippen LogP contribution is -2.50. The van der Waals surface area contributed by atoms with E-state index in [0.717, 1.165) is 16.5 Å². The normalized spacial score (nSPS) is 13.4. The maximum absolute atomic E-state index is 12.3. The van der Waals surface area contributed by atoms with Crippen molar-refractivity contribution >= 4 is 22.8 Å². The van der Waals surface area contributed by atoms with Gasteiger partial charge in [-0.2, -0.15) is 0 Å².